The minimum absolute atomic E-state index is 0.0429. The number of rotatable bonds is 9. The lowest BCUT2D eigenvalue weighted by Gasteiger charge is -2.51. The largest absolute Gasteiger partial charge is 0.543 e. The van der Waals surface area contributed by atoms with Crippen LogP contribution in [0.25, 0.3) is 0 Å². The van der Waals surface area contributed by atoms with Crippen LogP contribution in [-0.4, -0.2) is 69.4 Å². The lowest BCUT2D eigenvalue weighted by molar-refractivity contribution is -0.670. The molecule has 0 aromatic carbocycles. The van der Waals surface area contributed by atoms with E-state index >= 15 is 0 Å². The van der Waals surface area contributed by atoms with E-state index in [1.165, 1.54) is 25.3 Å². The van der Waals surface area contributed by atoms with Gasteiger partial charge in [-0.05, 0) is 50.8 Å². The number of nitrogen functional groups attached to an aromatic ring is 1. The normalized spacial score (nSPS) is 21.3. The van der Waals surface area contributed by atoms with Crippen LogP contribution in [0.3, 0.4) is 0 Å². The van der Waals surface area contributed by atoms with Crippen molar-refractivity contribution in [2.24, 2.45) is 17.9 Å². The fourth-order valence-electron chi connectivity index (χ4n) is 5.17. The van der Waals surface area contributed by atoms with Gasteiger partial charge in [-0.1, -0.05) is 5.16 Å². The molecule has 0 unspecified atom stereocenters. The number of oxime groups is 1. The van der Waals surface area contributed by atoms with E-state index in [1.807, 2.05) is 36.1 Å². The molecule has 2 saturated heterocycles. The molecule has 5 rings (SSSR count). The molecule has 5 N–H and O–H groups in total. The summed E-state index contributed by atoms with van der Waals surface area (Å²) in [4.78, 5) is 75.6. The van der Waals surface area contributed by atoms with Crippen molar-refractivity contribution in [1.82, 2.24) is 15.2 Å². The summed E-state index contributed by atoms with van der Waals surface area (Å²) in [5.74, 6) is -4.19. The molecule has 2 aromatic heterocycles. The Hall–Kier alpha value is -5.12. The number of aliphatic carboxylic acids is 1. The molecule has 3 aliphatic rings. The molecule has 44 heavy (non-hydrogen) atoms. The van der Waals surface area contributed by atoms with E-state index in [9.17, 15) is 29.1 Å². The van der Waals surface area contributed by atoms with E-state index in [-0.39, 0.29) is 34.6 Å². The number of fused-ring (bicyclic) bond motifs is 1. The summed E-state index contributed by atoms with van der Waals surface area (Å²) in [7, 11) is 1.84. The number of aromatic nitrogens is 2. The van der Waals surface area contributed by atoms with Crippen LogP contribution in [0.5, 0.6) is 0 Å². The Kier molecular flexibility index (Phi) is 7.94. The number of pyridine rings is 1. The number of carboxylic acid groups (broad SMARTS) is 1. The minimum Gasteiger partial charge on any atom is -0.543 e. The molecule has 16 heteroatoms. The second-order valence-electron chi connectivity index (χ2n) is 11.0. The Balaban J connectivity index is 1.36. The van der Waals surface area contributed by atoms with Crippen molar-refractivity contribution in [2.45, 2.75) is 50.8 Å². The number of carbonyl (C=O) groups is 5. The molecule has 0 aliphatic carbocycles. The van der Waals surface area contributed by atoms with Crippen molar-refractivity contribution in [1.29, 1.82) is 0 Å². The Labute approximate surface area is 255 Å². The molecular weight excluding hydrogens is 592 g/mol. The van der Waals surface area contributed by atoms with Crippen LogP contribution >= 0.6 is 11.3 Å². The Morgan fingerprint density at radius 2 is 2.05 bits per heavy atom. The Morgan fingerprint density at radius 3 is 2.68 bits per heavy atom. The number of primary amides is 1. The van der Waals surface area contributed by atoms with E-state index in [0.717, 1.165) is 16.2 Å². The number of nitrogens with zero attached hydrogens (tertiary/aromatic N) is 5. The molecule has 2 atom stereocenters. The number of thiazole rings is 1. The number of aryl methyl sites for hydroxylation is 1. The number of nitrogens with one attached hydrogen (secondary N) is 1. The number of β-lactam (4-membered cyclic amide) rings is 1. The third-order valence-electron chi connectivity index (χ3n) is 7.60. The van der Waals surface area contributed by atoms with Crippen molar-refractivity contribution >= 4 is 57.5 Å². The van der Waals surface area contributed by atoms with Crippen LogP contribution in [0.1, 0.15) is 38.8 Å². The summed E-state index contributed by atoms with van der Waals surface area (Å²) < 4.78 is 1.82. The van der Waals surface area contributed by atoms with E-state index in [1.54, 1.807) is 4.90 Å². The van der Waals surface area contributed by atoms with Gasteiger partial charge in [-0.3, -0.25) is 19.2 Å². The third-order valence-corrected chi connectivity index (χ3v) is 8.28. The topological polar surface area (TPSA) is 217 Å². The predicted molar refractivity (Wildman–Crippen MR) is 154 cm³/mol. The van der Waals surface area contributed by atoms with E-state index in [4.69, 9.17) is 16.3 Å². The van der Waals surface area contributed by atoms with Crippen molar-refractivity contribution < 1.29 is 38.5 Å². The molecular formula is C28H30N8O7S. The van der Waals surface area contributed by atoms with E-state index < -0.39 is 41.4 Å². The quantitative estimate of drug-likeness (QED) is 0.0962. The van der Waals surface area contributed by atoms with Gasteiger partial charge in [0.05, 0.1) is 17.7 Å². The molecule has 230 valence electrons. The van der Waals surface area contributed by atoms with Gasteiger partial charge in [-0.25, -0.2) is 9.55 Å². The predicted octanol–water partition coefficient (Wildman–Crippen LogP) is -1.61. The number of anilines is 2. The highest BCUT2D eigenvalue weighted by Crippen LogP contribution is 2.38. The number of carbonyl (C=O) groups excluding carboxylic acids is 5. The number of amides is 4. The van der Waals surface area contributed by atoms with Gasteiger partial charge in [0.15, 0.2) is 23.2 Å². The van der Waals surface area contributed by atoms with Gasteiger partial charge >= 0.3 is 0 Å². The van der Waals surface area contributed by atoms with Crippen molar-refractivity contribution in [3.8, 4) is 0 Å². The summed E-state index contributed by atoms with van der Waals surface area (Å²) in [6.07, 6.45) is 6.11. The van der Waals surface area contributed by atoms with E-state index in [2.05, 4.69) is 15.5 Å². The smallest absolute Gasteiger partial charge is 0.276 e. The molecule has 0 saturated carbocycles. The molecule has 2 fully saturated rings. The summed E-state index contributed by atoms with van der Waals surface area (Å²) >= 11 is 1.03. The number of hydrogen-bond acceptors (Lipinski definition) is 11. The first-order chi connectivity index (χ1) is 20.8. The summed E-state index contributed by atoms with van der Waals surface area (Å²) in [5.41, 5.74) is 10.3. The number of nitrogens with two attached hydrogens (primary N) is 2. The SMILES string of the molecule is C[n+]1cccc(N2CC/C(=C\C3=C(C(=O)[O-])N4C(=O)[C@@H](NC(=O)/C(=N\OC(C)(C)C(N)=O)c5csc(N)n5)[C@H]4CC3)C2=O)c1. The first-order valence-corrected chi connectivity index (χ1v) is 14.5. The van der Waals surface area contributed by atoms with Crippen molar-refractivity contribution in [3.63, 3.8) is 0 Å². The molecule has 0 bridgehead atoms. The van der Waals surface area contributed by atoms with Crippen LogP contribution in [-0.2, 0) is 35.9 Å². The maximum atomic E-state index is 13.3. The lowest BCUT2D eigenvalue weighted by atomic mass is 9.82. The Morgan fingerprint density at radius 1 is 1.30 bits per heavy atom. The van der Waals surface area contributed by atoms with E-state index in [0.29, 0.717) is 36.2 Å². The molecule has 15 nitrogen and oxygen atoms in total. The van der Waals surface area contributed by atoms with Crippen molar-refractivity contribution in [2.75, 3.05) is 17.2 Å². The summed E-state index contributed by atoms with van der Waals surface area (Å²) in [6, 6.07) is 1.86. The fraction of sp³-hybridized carbons (Fsp3) is 0.357. The molecule has 5 heterocycles. The lowest BCUT2D eigenvalue weighted by Crippen LogP contribution is -2.72. The van der Waals surface area contributed by atoms with Crippen LogP contribution in [0, 0.1) is 0 Å². The average molecular weight is 623 g/mol. The first-order valence-electron chi connectivity index (χ1n) is 13.6. The summed E-state index contributed by atoms with van der Waals surface area (Å²) in [6.45, 7) is 3.15. The monoisotopic (exact) mass is 622 g/mol. The van der Waals surface area contributed by atoms with Crippen LogP contribution in [0.2, 0.25) is 0 Å². The molecule has 0 spiro atoms. The molecule has 3 aliphatic heterocycles. The van der Waals surface area contributed by atoms with Crippen LogP contribution in [0.15, 0.2) is 58.0 Å². The van der Waals surface area contributed by atoms with Gasteiger partial charge in [-0.15, -0.1) is 11.3 Å². The van der Waals surface area contributed by atoms with Crippen LogP contribution < -0.4 is 31.4 Å². The van der Waals surface area contributed by atoms with Crippen molar-refractivity contribution in [3.05, 3.63) is 58.5 Å². The van der Waals surface area contributed by atoms with Gasteiger partial charge in [0.25, 0.3) is 23.6 Å². The molecule has 0 radical (unpaired) electrons. The zero-order valence-corrected chi connectivity index (χ0v) is 24.9. The van der Waals surface area contributed by atoms with Gasteiger partial charge < -0.3 is 41.3 Å². The highest BCUT2D eigenvalue weighted by atomic mass is 32.1. The number of allylic oxidation sites excluding steroid dienone is 2. The zero-order valence-electron chi connectivity index (χ0n) is 24.1. The van der Waals surface area contributed by atoms with Crippen LogP contribution in [0.4, 0.5) is 10.8 Å². The number of hydrogen-bond donors (Lipinski definition) is 3. The highest BCUT2D eigenvalue weighted by Gasteiger charge is 2.52. The molecule has 4 amide bonds. The second-order valence-corrected chi connectivity index (χ2v) is 11.9. The maximum Gasteiger partial charge on any atom is 0.276 e. The van der Waals surface area contributed by atoms with Gasteiger partial charge in [0.2, 0.25) is 5.60 Å². The Bertz CT molecular complexity index is 1680. The zero-order chi connectivity index (χ0) is 31.9. The van der Waals surface area contributed by atoms with Gasteiger partial charge in [0.1, 0.15) is 24.5 Å². The first kappa shape index (κ1) is 30.3. The summed E-state index contributed by atoms with van der Waals surface area (Å²) in [5, 5.41) is 20.2. The molecule has 2 aromatic rings. The number of carboxylic acids is 1. The maximum absolute atomic E-state index is 13.3. The average Bonchev–Trinajstić information content (AvgIpc) is 3.56. The highest BCUT2D eigenvalue weighted by molar-refractivity contribution is 7.13. The van der Waals surface area contributed by atoms with Gasteiger partial charge in [0, 0.05) is 23.6 Å². The second kappa shape index (κ2) is 11.5. The standard InChI is InChI=1S/C28H30N8O7S/c1-28(2,26(29)42)43-33-19(17-13-44-27(30)31-17)22(37)32-20-18-7-6-14(21(25(40)41)36(18)24(20)39)11-15-8-10-35(23(15)38)16-5-4-9-34(3)12-16/h4-5,9,11-13,18,20H,6-8,10H2,1-3H3,(H5-,29,30,31,32,37,40,41,42)/b15-11+,33-19-/t18-,20+/m1/s1. The third kappa shape index (κ3) is 5.62. The van der Waals surface area contributed by atoms with Gasteiger partial charge in [-0.2, -0.15) is 0 Å². The minimum atomic E-state index is -1.57. The fourth-order valence-corrected chi connectivity index (χ4v) is 5.72.